The molecule has 0 saturated heterocycles. The maximum atomic E-state index is 13.0. The molecular formula is C21H28NO12P3. The number of ether oxygens (including phenoxy) is 1. The van der Waals surface area contributed by atoms with E-state index in [9.17, 15) is 23.4 Å². The average Bonchev–Trinajstić information content (AvgIpc) is 3.11. The maximum Gasteiger partial charge on any atom is 0.543 e. The van der Waals surface area contributed by atoms with Crippen molar-refractivity contribution >= 4 is 29.6 Å². The van der Waals surface area contributed by atoms with Crippen molar-refractivity contribution < 1.29 is 55.6 Å². The molecule has 2 atom stereocenters. The SMILES string of the molecule is NCCCCCCOP(=O)(OC(=O)OCC1c2ccccc2-c2ccccc21)OP(=O)(O)OP(=O)(O)O. The lowest BCUT2D eigenvalue weighted by atomic mass is 9.98. The molecule has 13 nitrogen and oxygen atoms in total. The molecule has 0 fully saturated rings. The zero-order valence-electron chi connectivity index (χ0n) is 19.6. The highest BCUT2D eigenvalue weighted by Gasteiger charge is 2.45. The lowest BCUT2D eigenvalue weighted by Crippen LogP contribution is -2.14. The Kier molecular flexibility index (Phi) is 10.2. The van der Waals surface area contributed by atoms with Crippen LogP contribution in [0, 0.1) is 0 Å². The number of rotatable bonds is 14. The monoisotopic (exact) mass is 579 g/mol. The van der Waals surface area contributed by atoms with E-state index in [0.29, 0.717) is 13.0 Å². The van der Waals surface area contributed by atoms with Gasteiger partial charge in [0.15, 0.2) is 0 Å². The fraction of sp³-hybridized carbons (Fsp3) is 0.381. The van der Waals surface area contributed by atoms with Crippen molar-refractivity contribution in [2.75, 3.05) is 19.8 Å². The van der Waals surface area contributed by atoms with Gasteiger partial charge < -0.3 is 29.7 Å². The van der Waals surface area contributed by atoms with Crippen LogP contribution in [0.25, 0.3) is 11.1 Å². The number of fused-ring (bicyclic) bond motifs is 3. The molecule has 0 aromatic heterocycles. The summed E-state index contributed by atoms with van der Waals surface area (Å²) in [5.74, 6) is -0.370. The fourth-order valence-electron chi connectivity index (χ4n) is 3.83. The lowest BCUT2D eigenvalue weighted by Gasteiger charge is -2.20. The van der Waals surface area contributed by atoms with Gasteiger partial charge in [0.05, 0.1) is 6.61 Å². The van der Waals surface area contributed by atoms with Gasteiger partial charge in [-0.1, -0.05) is 61.4 Å². The molecule has 0 amide bonds. The van der Waals surface area contributed by atoms with Crippen LogP contribution >= 0.6 is 23.5 Å². The van der Waals surface area contributed by atoms with Gasteiger partial charge in [0.2, 0.25) is 0 Å². The Morgan fingerprint density at radius 2 is 1.41 bits per heavy atom. The third-order valence-corrected chi connectivity index (χ3v) is 9.45. The van der Waals surface area contributed by atoms with Crippen LogP contribution < -0.4 is 5.73 Å². The van der Waals surface area contributed by atoms with E-state index in [1.165, 1.54) is 0 Å². The van der Waals surface area contributed by atoms with Crippen LogP contribution in [0.5, 0.6) is 0 Å². The predicted octanol–water partition coefficient (Wildman–Crippen LogP) is 4.82. The minimum atomic E-state index is -5.69. The van der Waals surface area contributed by atoms with Gasteiger partial charge >= 0.3 is 29.6 Å². The van der Waals surface area contributed by atoms with Crippen molar-refractivity contribution in [3.63, 3.8) is 0 Å². The van der Waals surface area contributed by atoms with Crippen molar-refractivity contribution in [3.05, 3.63) is 59.7 Å². The van der Waals surface area contributed by atoms with E-state index < -0.39 is 29.6 Å². The summed E-state index contributed by atoms with van der Waals surface area (Å²) in [6.45, 7) is -0.100. The van der Waals surface area contributed by atoms with Crippen molar-refractivity contribution in [1.82, 2.24) is 0 Å². The number of phosphoric ester groups is 1. The van der Waals surface area contributed by atoms with Gasteiger partial charge in [-0.15, -0.1) is 0 Å². The molecule has 37 heavy (non-hydrogen) atoms. The Hall–Kier alpha value is -1.88. The lowest BCUT2D eigenvalue weighted by molar-refractivity contribution is 0.0753. The van der Waals surface area contributed by atoms with Gasteiger partial charge in [0, 0.05) is 5.92 Å². The van der Waals surface area contributed by atoms with Crippen LogP contribution in [0.15, 0.2) is 48.5 Å². The highest BCUT2D eigenvalue weighted by atomic mass is 31.3. The molecule has 0 radical (unpaired) electrons. The van der Waals surface area contributed by atoms with Crippen LogP contribution in [0.4, 0.5) is 4.79 Å². The molecule has 0 bridgehead atoms. The second-order valence-corrected chi connectivity index (χ2v) is 12.5. The normalized spacial score (nSPS) is 16.3. The molecule has 0 spiro atoms. The number of carbonyl (C=O) groups excluding carboxylic acids is 1. The Balaban J connectivity index is 1.68. The summed E-state index contributed by atoms with van der Waals surface area (Å²) in [6.07, 6.45) is 0.767. The van der Waals surface area contributed by atoms with Gasteiger partial charge in [0.25, 0.3) is 0 Å². The van der Waals surface area contributed by atoms with Crippen LogP contribution in [-0.2, 0) is 36.1 Å². The number of benzene rings is 2. The second-order valence-electron chi connectivity index (χ2n) is 7.99. The Labute approximate surface area is 213 Å². The van der Waals surface area contributed by atoms with Crippen molar-refractivity contribution in [3.8, 4) is 11.1 Å². The van der Waals surface area contributed by atoms with Crippen molar-refractivity contribution in [2.24, 2.45) is 5.73 Å². The summed E-state index contributed by atoms with van der Waals surface area (Å²) in [7, 11) is -16.4. The zero-order valence-corrected chi connectivity index (χ0v) is 22.3. The summed E-state index contributed by atoms with van der Waals surface area (Å²) in [4.78, 5) is 39.6. The minimum Gasteiger partial charge on any atom is -0.433 e. The largest absolute Gasteiger partial charge is 0.543 e. The van der Waals surface area contributed by atoms with Crippen molar-refractivity contribution in [1.29, 1.82) is 0 Å². The molecule has 2 aromatic rings. The molecule has 1 aliphatic rings. The molecule has 16 heteroatoms. The smallest absolute Gasteiger partial charge is 0.433 e. The quantitative estimate of drug-likeness (QED) is 0.135. The molecule has 0 saturated carbocycles. The molecule has 3 rings (SSSR count). The number of phosphoric acid groups is 3. The van der Waals surface area contributed by atoms with E-state index in [2.05, 4.69) is 13.1 Å². The number of hydrogen-bond acceptors (Lipinski definition) is 10. The molecule has 5 N–H and O–H groups in total. The summed E-state index contributed by atoms with van der Waals surface area (Å²) < 4.78 is 58.5. The maximum absolute atomic E-state index is 13.0. The second kappa shape index (κ2) is 12.8. The van der Waals surface area contributed by atoms with Crippen LogP contribution in [0.2, 0.25) is 0 Å². The minimum absolute atomic E-state index is 0.234. The Morgan fingerprint density at radius 1 is 0.838 bits per heavy atom. The summed E-state index contributed by atoms with van der Waals surface area (Å²) >= 11 is 0. The van der Waals surface area contributed by atoms with Gasteiger partial charge in [-0.2, -0.15) is 8.62 Å². The molecule has 2 unspecified atom stereocenters. The Bertz CT molecular complexity index is 1190. The summed E-state index contributed by atoms with van der Waals surface area (Å²) in [5.41, 5.74) is 9.11. The number of hydrogen-bond donors (Lipinski definition) is 4. The highest BCUT2D eigenvalue weighted by Crippen LogP contribution is 2.68. The van der Waals surface area contributed by atoms with E-state index in [4.69, 9.17) is 24.8 Å². The third-order valence-electron chi connectivity index (χ3n) is 5.28. The van der Waals surface area contributed by atoms with E-state index in [1.807, 2.05) is 48.5 Å². The van der Waals surface area contributed by atoms with Gasteiger partial charge in [-0.25, -0.2) is 18.5 Å². The number of unbranched alkanes of at least 4 members (excludes halogenated alkanes) is 3. The molecule has 0 heterocycles. The first-order valence-electron chi connectivity index (χ1n) is 11.2. The average molecular weight is 579 g/mol. The Morgan fingerprint density at radius 3 is 1.97 bits per heavy atom. The topological polar surface area (TPSA) is 201 Å². The first kappa shape index (κ1) is 29.7. The first-order chi connectivity index (χ1) is 17.4. The fourth-order valence-corrected chi connectivity index (χ4v) is 7.26. The molecule has 0 aliphatic heterocycles. The third kappa shape index (κ3) is 8.84. The van der Waals surface area contributed by atoms with E-state index >= 15 is 0 Å². The van der Waals surface area contributed by atoms with E-state index in [0.717, 1.165) is 35.1 Å². The standard InChI is InChI=1S/C21H28NO12P3/c22-13-7-1-2-8-14-31-37(29,34-36(27,28)33-35(24,25)26)32-21(23)30-15-20-18-11-5-3-9-16(18)17-10-4-6-12-19(17)20/h3-6,9-12,20H,1-2,7-8,13-15,22H2,(H,27,28)(H2,24,25,26). The summed E-state index contributed by atoms with van der Waals surface area (Å²) in [5, 5.41) is 0. The van der Waals surface area contributed by atoms with Gasteiger partial charge in [-0.3, -0.25) is 4.52 Å². The van der Waals surface area contributed by atoms with Crippen LogP contribution in [0.1, 0.15) is 42.7 Å². The highest BCUT2D eigenvalue weighted by molar-refractivity contribution is 7.67. The first-order valence-corrected chi connectivity index (χ1v) is 15.7. The van der Waals surface area contributed by atoms with Crippen molar-refractivity contribution in [2.45, 2.75) is 31.6 Å². The van der Waals surface area contributed by atoms with E-state index in [1.54, 1.807) is 0 Å². The molecule has 204 valence electrons. The molecular weight excluding hydrogens is 551 g/mol. The van der Waals surface area contributed by atoms with Crippen LogP contribution in [-0.4, -0.2) is 40.6 Å². The molecule has 2 aromatic carbocycles. The summed E-state index contributed by atoms with van der Waals surface area (Å²) in [6, 6.07) is 15.0. The number of nitrogens with two attached hydrogens (primary N) is 1. The van der Waals surface area contributed by atoms with Crippen LogP contribution in [0.3, 0.4) is 0 Å². The molecule has 1 aliphatic carbocycles. The number of carbonyl (C=O) groups is 1. The van der Waals surface area contributed by atoms with E-state index in [-0.39, 0.29) is 25.6 Å². The predicted molar refractivity (Wildman–Crippen MR) is 131 cm³/mol. The zero-order chi connectivity index (χ0) is 27.1. The van der Waals surface area contributed by atoms with Gasteiger partial charge in [-0.05, 0) is 41.6 Å². The van der Waals surface area contributed by atoms with Gasteiger partial charge in [0.1, 0.15) is 6.61 Å².